The van der Waals surface area contributed by atoms with Crippen molar-refractivity contribution in [3.63, 3.8) is 0 Å². The number of anilines is 2. The van der Waals surface area contributed by atoms with Crippen LogP contribution in [0, 0.1) is 5.82 Å². The van der Waals surface area contributed by atoms with Crippen LogP contribution in [0.3, 0.4) is 0 Å². The lowest BCUT2D eigenvalue weighted by molar-refractivity contribution is -0.116. The number of hydrogen-bond donors (Lipinski definition) is 2. The van der Waals surface area contributed by atoms with E-state index >= 15 is 0 Å². The Balaban J connectivity index is 1.60. The van der Waals surface area contributed by atoms with Crippen molar-refractivity contribution in [1.29, 1.82) is 0 Å². The van der Waals surface area contributed by atoms with Crippen LogP contribution in [0.1, 0.15) is 12.7 Å². The lowest BCUT2D eigenvalue weighted by Gasteiger charge is -2.09. The van der Waals surface area contributed by atoms with E-state index in [0.29, 0.717) is 33.3 Å². The Kier molecular flexibility index (Phi) is 7.89. The summed E-state index contributed by atoms with van der Waals surface area (Å²) < 4.78 is 15.4. The molecule has 1 aromatic heterocycles. The summed E-state index contributed by atoms with van der Waals surface area (Å²) in [6, 6.07) is 10.7. The van der Waals surface area contributed by atoms with Crippen molar-refractivity contribution in [2.24, 2.45) is 0 Å². The summed E-state index contributed by atoms with van der Waals surface area (Å²) >= 11 is 13.2. The molecule has 2 aromatic carbocycles. The molecule has 2 amide bonds. The predicted octanol–water partition coefficient (Wildman–Crippen LogP) is 4.66. The van der Waals surface area contributed by atoms with Crippen molar-refractivity contribution in [3.8, 4) is 0 Å². The smallest absolute Gasteiger partial charge is 0.234 e. The first-order valence-corrected chi connectivity index (χ1v) is 11.0. The molecule has 0 atom stereocenters. The average molecular weight is 482 g/mol. The maximum Gasteiger partial charge on any atom is 0.234 e. The summed E-state index contributed by atoms with van der Waals surface area (Å²) in [5, 5.41) is 14.7. The Morgan fingerprint density at radius 1 is 1.06 bits per heavy atom. The topological polar surface area (TPSA) is 88.9 Å². The summed E-state index contributed by atoms with van der Waals surface area (Å²) in [5.74, 6) is -0.759. The molecule has 162 valence electrons. The van der Waals surface area contributed by atoms with Gasteiger partial charge in [-0.3, -0.25) is 9.59 Å². The van der Waals surface area contributed by atoms with E-state index in [4.69, 9.17) is 23.2 Å². The number of para-hydroxylation sites is 1. The molecule has 0 bridgehead atoms. The minimum atomic E-state index is -0.519. The zero-order valence-corrected chi connectivity index (χ0v) is 18.7. The molecule has 0 spiro atoms. The molecule has 11 heteroatoms. The molecule has 1 heterocycles. The number of amides is 2. The number of nitrogens with one attached hydrogen (secondary N) is 2. The van der Waals surface area contributed by atoms with Crippen molar-refractivity contribution < 1.29 is 14.0 Å². The van der Waals surface area contributed by atoms with E-state index in [2.05, 4.69) is 20.8 Å². The van der Waals surface area contributed by atoms with Gasteiger partial charge in [0, 0.05) is 11.6 Å². The highest BCUT2D eigenvalue weighted by molar-refractivity contribution is 7.99. The van der Waals surface area contributed by atoms with Crippen LogP contribution in [-0.2, 0) is 22.6 Å². The van der Waals surface area contributed by atoms with E-state index in [1.165, 1.54) is 23.9 Å². The van der Waals surface area contributed by atoms with Gasteiger partial charge >= 0.3 is 0 Å². The molecule has 31 heavy (non-hydrogen) atoms. The van der Waals surface area contributed by atoms with Gasteiger partial charge in [0.15, 0.2) is 5.16 Å². The van der Waals surface area contributed by atoms with Crippen LogP contribution in [0.2, 0.25) is 10.0 Å². The standard InChI is InChI=1S/C20H18Cl2FN5O2S/c1-2-28-17(10-18(29)24-15-6-4-3-5-14(15)23)26-27-20(28)31-11-19(30)25-16-9-12(21)7-8-13(16)22/h3-9H,2,10-11H2,1H3,(H,24,29)(H,25,30). The van der Waals surface area contributed by atoms with Gasteiger partial charge in [-0.05, 0) is 37.3 Å². The molecule has 3 rings (SSSR count). The van der Waals surface area contributed by atoms with Crippen molar-refractivity contribution in [3.05, 3.63) is 64.2 Å². The minimum Gasteiger partial charge on any atom is -0.324 e. The summed E-state index contributed by atoms with van der Waals surface area (Å²) in [6.45, 7) is 2.37. The molecule has 0 radical (unpaired) electrons. The number of benzene rings is 2. The van der Waals surface area contributed by atoms with Crippen LogP contribution in [0.25, 0.3) is 0 Å². The van der Waals surface area contributed by atoms with Gasteiger partial charge in [0.25, 0.3) is 0 Å². The van der Waals surface area contributed by atoms with Crippen molar-refractivity contribution >= 4 is 58.2 Å². The summed E-state index contributed by atoms with van der Waals surface area (Å²) in [5.41, 5.74) is 0.517. The van der Waals surface area contributed by atoms with E-state index in [9.17, 15) is 14.0 Å². The molecular weight excluding hydrogens is 464 g/mol. The number of hydrogen-bond acceptors (Lipinski definition) is 5. The van der Waals surface area contributed by atoms with Crippen LogP contribution in [-0.4, -0.2) is 32.3 Å². The van der Waals surface area contributed by atoms with Gasteiger partial charge in [0.05, 0.1) is 28.6 Å². The van der Waals surface area contributed by atoms with Crippen LogP contribution in [0.4, 0.5) is 15.8 Å². The molecule has 0 aliphatic rings. The zero-order valence-electron chi connectivity index (χ0n) is 16.4. The number of aromatic nitrogens is 3. The highest BCUT2D eigenvalue weighted by Gasteiger charge is 2.17. The van der Waals surface area contributed by atoms with Crippen molar-refractivity contribution in [2.45, 2.75) is 25.0 Å². The molecule has 0 saturated heterocycles. The predicted molar refractivity (Wildman–Crippen MR) is 120 cm³/mol. The SMILES string of the molecule is CCn1c(CC(=O)Nc2ccccc2F)nnc1SCC(=O)Nc1cc(Cl)ccc1Cl. The Hall–Kier alpha value is -2.62. The molecular formula is C20H18Cl2FN5O2S. The molecule has 0 aliphatic heterocycles. The molecule has 3 aromatic rings. The summed E-state index contributed by atoms with van der Waals surface area (Å²) in [6.07, 6.45) is -0.0833. The molecule has 0 fully saturated rings. The molecule has 2 N–H and O–H groups in total. The zero-order chi connectivity index (χ0) is 22.4. The number of thioether (sulfide) groups is 1. The monoisotopic (exact) mass is 481 g/mol. The normalized spacial score (nSPS) is 10.7. The lowest BCUT2D eigenvalue weighted by Crippen LogP contribution is -2.18. The third kappa shape index (κ3) is 6.19. The Bertz CT molecular complexity index is 1110. The fraction of sp³-hybridized carbons (Fsp3) is 0.200. The summed E-state index contributed by atoms with van der Waals surface area (Å²) in [4.78, 5) is 24.6. The minimum absolute atomic E-state index is 0.0579. The quantitative estimate of drug-likeness (QED) is 0.456. The van der Waals surface area contributed by atoms with E-state index in [0.717, 1.165) is 0 Å². The molecule has 0 aliphatic carbocycles. The number of carbonyl (C=O) groups is 2. The van der Waals surface area contributed by atoms with Crippen molar-refractivity contribution in [2.75, 3.05) is 16.4 Å². The number of nitrogens with zero attached hydrogens (tertiary/aromatic N) is 3. The van der Waals surface area contributed by atoms with Gasteiger partial charge in [0.2, 0.25) is 11.8 Å². The Morgan fingerprint density at radius 2 is 1.81 bits per heavy atom. The molecule has 0 unspecified atom stereocenters. The van der Waals surface area contributed by atoms with Crippen LogP contribution in [0.15, 0.2) is 47.6 Å². The van der Waals surface area contributed by atoms with Gasteiger partial charge < -0.3 is 15.2 Å². The first-order valence-electron chi connectivity index (χ1n) is 9.21. The fourth-order valence-corrected chi connectivity index (χ4v) is 3.84. The third-order valence-electron chi connectivity index (χ3n) is 4.11. The van der Waals surface area contributed by atoms with Gasteiger partial charge in [0.1, 0.15) is 11.6 Å². The van der Waals surface area contributed by atoms with Crippen molar-refractivity contribution in [1.82, 2.24) is 14.8 Å². The van der Waals surface area contributed by atoms with Crippen LogP contribution >= 0.6 is 35.0 Å². The van der Waals surface area contributed by atoms with E-state index in [1.807, 2.05) is 6.92 Å². The number of rotatable bonds is 8. The molecule has 0 saturated carbocycles. The first-order chi connectivity index (χ1) is 14.9. The maximum absolute atomic E-state index is 13.7. The second-order valence-electron chi connectivity index (χ2n) is 6.31. The third-order valence-corrected chi connectivity index (χ3v) is 5.64. The maximum atomic E-state index is 13.7. The van der Waals surface area contributed by atoms with Crippen LogP contribution in [0.5, 0.6) is 0 Å². The highest BCUT2D eigenvalue weighted by Crippen LogP contribution is 2.26. The Labute approximate surface area is 192 Å². The van der Waals surface area contributed by atoms with Crippen LogP contribution < -0.4 is 10.6 Å². The van der Waals surface area contributed by atoms with Gasteiger partial charge in [-0.15, -0.1) is 10.2 Å². The number of halogens is 3. The fourth-order valence-electron chi connectivity index (χ4n) is 2.68. The van der Waals surface area contributed by atoms with E-state index < -0.39 is 11.7 Å². The number of carbonyl (C=O) groups excluding carboxylic acids is 2. The highest BCUT2D eigenvalue weighted by atomic mass is 35.5. The molecule has 7 nitrogen and oxygen atoms in total. The average Bonchev–Trinajstić information content (AvgIpc) is 3.12. The van der Waals surface area contributed by atoms with Gasteiger partial charge in [-0.2, -0.15) is 0 Å². The second-order valence-corrected chi connectivity index (χ2v) is 8.10. The Morgan fingerprint density at radius 3 is 2.55 bits per heavy atom. The summed E-state index contributed by atoms with van der Waals surface area (Å²) in [7, 11) is 0. The first kappa shape index (κ1) is 23.1. The van der Waals surface area contributed by atoms with Gasteiger partial charge in [-0.25, -0.2) is 4.39 Å². The largest absolute Gasteiger partial charge is 0.324 e. The lowest BCUT2D eigenvalue weighted by atomic mass is 10.3. The second kappa shape index (κ2) is 10.6. The van der Waals surface area contributed by atoms with E-state index in [-0.39, 0.29) is 23.8 Å². The van der Waals surface area contributed by atoms with Gasteiger partial charge in [-0.1, -0.05) is 47.1 Å². The van der Waals surface area contributed by atoms with E-state index in [1.54, 1.807) is 34.9 Å².